The molecule has 1 N–H and O–H groups in total. The standard InChI is InChI=1S/C14H23NO3S2.C2H6/c1-3-4-5-8-15-13(16)11-17-9-10-18-14-7-6-12(2)19-20-14;1-2/h12,14H,3,6-11H2,1-2H3,(H,15,16);1-2H3. The first kappa shape index (κ1) is 21.6. The van der Waals surface area contributed by atoms with Gasteiger partial charge in [0.05, 0.1) is 19.8 Å². The van der Waals surface area contributed by atoms with Crippen molar-refractivity contribution in [1.82, 2.24) is 5.32 Å². The molecule has 0 spiro atoms. The molecule has 0 aromatic heterocycles. The minimum Gasteiger partial charge on any atom is -0.369 e. The van der Waals surface area contributed by atoms with E-state index < -0.39 is 0 Å². The van der Waals surface area contributed by atoms with Crippen molar-refractivity contribution in [3.05, 3.63) is 0 Å². The summed E-state index contributed by atoms with van der Waals surface area (Å²) in [7, 11) is 3.68. The number of ether oxygens (including phenoxy) is 2. The third-order valence-electron chi connectivity index (χ3n) is 2.58. The third kappa shape index (κ3) is 12.2. The second-order valence-corrected chi connectivity index (χ2v) is 7.29. The Labute approximate surface area is 143 Å². The lowest BCUT2D eigenvalue weighted by Crippen LogP contribution is -2.28. The minimum absolute atomic E-state index is 0.0702. The molecular formula is C16H29NO3S2. The molecule has 1 saturated heterocycles. The van der Waals surface area contributed by atoms with Crippen molar-refractivity contribution in [1.29, 1.82) is 0 Å². The van der Waals surface area contributed by atoms with E-state index in [4.69, 9.17) is 9.47 Å². The predicted molar refractivity (Wildman–Crippen MR) is 96.9 cm³/mol. The van der Waals surface area contributed by atoms with Crippen LogP contribution in [0.2, 0.25) is 0 Å². The van der Waals surface area contributed by atoms with Crippen LogP contribution in [0, 0.1) is 11.8 Å². The van der Waals surface area contributed by atoms with Crippen molar-refractivity contribution in [2.75, 3.05) is 26.4 Å². The van der Waals surface area contributed by atoms with Gasteiger partial charge >= 0.3 is 0 Å². The van der Waals surface area contributed by atoms with Crippen LogP contribution in [0.3, 0.4) is 0 Å². The molecule has 0 aliphatic carbocycles. The molecule has 2 unspecified atom stereocenters. The molecular weight excluding hydrogens is 318 g/mol. The van der Waals surface area contributed by atoms with Gasteiger partial charge in [0.2, 0.25) is 5.91 Å². The fourth-order valence-corrected chi connectivity index (χ4v) is 4.13. The first-order valence-corrected chi connectivity index (χ1v) is 10.2. The van der Waals surface area contributed by atoms with Gasteiger partial charge in [0.25, 0.3) is 0 Å². The van der Waals surface area contributed by atoms with Crippen molar-refractivity contribution in [2.45, 2.75) is 57.6 Å². The SMILES string of the molecule is CC.CCC#CCNC(=O)COCCOC1CCC(C)SS1. The first-order valence-electron chi connectivity index (χ1n) is 7.96. The fraction of sp³-hybridized carbons (Fsp3) is 0.812. The van der Waals surface area contributed by atoms with Gasteiger partial charge in [-0.15, -0.1) is 5.92 Å². The van der Waals surface area contributed by atoms with E-state index in [1.54, 1.807) is 10.8 Å². The van der Waals surface area contributed by atoms with E-state index in [-0.39, 0.29) is 18.0 Å². The van der Waals surface area contributed by atoms with E-state index >= 15 is 0 Å². The number of rotatable bonds is 7. The summed E-state index contributed by atoms with van der Waals surface area (Å²) in [6.07, 6.45) is 3.10. The van der Waals surface area contributed by atoms with Crippen LogP contribution in [0.1, 0.15) is 47.0 Å². The summed E-state index contributed by atoms with van der Waals surface area (Å²) in [5, 5.41) is 3.39. The normalized spacial score (nSPS) is 20.2. The highest BCUT2D eigenvalue weighted by atomic mass is 33.1. The molecule has 1 rings (SSSR count). The van der Waals surface area contributed by atoms with E-state index in [0.29, 0.717) is 19.8 Å². The molecule has 0 bridgehead atoms. The smallest absolute Gasteiger partial charge is 0.246 e. The average molecular weight is 348 g/mol. The fourth-order valence-electron chi connectivity index (χ4n) is 1.52. The number of amides is 1. The van der Waals surface area contributed by atoms with E-state index in [2.05, 4.69) is 24.1 Å². The maximum absolute atomic E-state index is 11.4. The zero-order valence-electron chi connectivity index (χ0n) is 14.1. The molecule has 0 saturated carbocycles. The van der Waals surface area contributed by atoms with Gasteiger partial charge in [0, 0.05) is 11.7 Å². The van der Waals surface area contributed by atoms with Crippen molar-refractivity contribution in [3.63, 3.8) is 0 Å². The monoisotopic (exact) mass is 347 g/mol. The van der Waals surface area contributed by atoms with E-state index in [1.165, 1.54) is 6.42 Å². The summed E-state index contributed by atoms with van der Waals surface area (Å²) in [6.45, 7) is 9.66. The van der Waals surface area contributed by atoms with Crippen LogP contribution in [-0.2, 0) is 14.3 Å². The molecule has 4 nitrogen and oxygen atoms in total. The van der Waals surface area contributed by atoms with Crippen LogP contribution in [0.4, 0.5) is 0 Å². The number of carbonyl (C=O) groups excluding carboxylic acids is 1. The van der Waals surface area contributed by atoms with Crippen molar-refractivity contribution in [3.8, 4) is 11.8 Å². The highest BCUT2D eigenvalue weighted by Gasteiger charge is 2.19. The van der Waals surface area contributed by atoms with Crippen molar-refractivity contribution >= 4 is 27.5 Å². The Kier molecular flexibility index (Phi) is 15.3. The Morgan fingerprint density at radius 3 is 2.64 bits per heavy atom. The highest BCUT2D eigenvalue weighted by molar-refractivity contribution is 8.77. The Morgan fingerprint density at radius 2 is 2.00 bits per heavy atom. The van der Waals surface area contributed by atoms with Gasteiger partial charge in [-0.05, 0) is 12.8 Å². The molecule has 128 valence electrons. The second-order valence-electron chi connectivity index (χ2n) is 4.42. The van der Waals surface area contributed by atoms with Gasteiger partial charge in [-0.1, -0.05) is 55.2 Å². The van der Waals surface area contributed by atoms with Gasteiger partial charge in [-0.3, -0.25) is 4.79 Å². The van der Waals surface area contributed by atoms with Crippen LogP contribution in [-0.4, -0.2) is 43.0 Å². The lowest BCUT2D eigenvalue weighted by atomic mass is 10.2. The molecule has 0 aromatic rings. The lowest BCUT2D eigenvalue weighted by Gasteiger charge is -2.24. The van der Waals surface area contributed by atoms with E-state index in [0.717, 1.165) is 18.1 Å². The summed E-state index contributed by atoms with van der Waals surface area (Å²) in [5.74, 6) is 5.60. The number of hydrogen-bond donors (Lipinski definition) is 1. The quantitative estimate of drug-likeness (QED) is 0.434. The molecule has 6 heteroatoms. The van der Waals surface area contributed by atoms with E-state index in [1.807, 2.05) is 31.6 Å². The van der Waals surface area contributed by atoms with Gasteiger partial charge < -0.3 is 14.8 Å². The molecule has 22 heavy (non-hydrogen) atoms. The van der Waals surface area contributed by atoms with Crippen molar-refractivity contribution in [2.24, 2.45) is 0 Å². The summed E-state index contributed by atoms with van der Waals surface area (Å²) < 4.78 is 11.0. The topological polar surface area (TPSA) is 47.6 Å². The molecule has 1 aliphatic rings. The first-order chi connectivity index (χ1) is 10.7. The Hall–Kier alpha value is -0.350. The average Bonchev–Trinajstić information content (AvgIpc) is 2.55. The molecule has 0 radical (unpaired) electrons. The lowest BCUT2D eigenvalue weighted by molar-refractivity contribution is -0.126. The Bertz CT molecular complexity index is 334. The third-order valence-corrected chi connectivity index (χ3v) is 5.80. The van der Waals surface area contributed by atoms with Crippen LogP contribution in [0.5, 0.6) is 0 Å². The van der Waals surface area contributed by atoms with Crippen LogP contribution < -0.4 is 5.32 Å². The summed E-state index contributed by atoms with van der Waals surface area (Å²) in [6, 6.07) is 0. The van der Waals surface area contributed by atoms with Gasteiger partial charge in [0.1, 0.15) is 12.0 Å². The molecule has 1 heterocycles. The predicted octanol–water partition coefficient (Wildman–Crippen LogP) is 3.47. The van der Waals surface area contributed by atoms with Crippen molar-refractivity contribution < 1.29 is 14.3 Å². The zero-order valence-corrected chi connectivity index (χ0v) is 15.8. The molecule has 1 fully saturated rings. The maximum Gasteiger partial charge on any atom is 0.246 e. The zero-order chi connectivity index (χ0) is 16.6. The van der Waals surface area contributed by atoms with Gasteiger partial charge in [-0.25, -0.2) is 0 Å². The molecule has 1 aliphatic heterocycles. The molecule has 2 atom stereocenters. The van der Waals surface area contributed by atoms with Crippen LogP contribution in [0.25, 0.3) is 0 Å². The summed E-state index contributed by atoms with van der Waals surface area (Å²) in [4.78, 5) is 11.4. The summed E-state index contributed by atoms with van der Waals surface area (Å²) >= 11 is 0. The van der Waals surface area contributed by atoms with E-state index in [9.17, 15) is 4.79 Å². The van der Waals surface area contributed by atoms with Gasteiger partial charge in [0.15, 0.2) is 0 Å². The van der Waals surface area contributed by atoms with Gasteiger partial charge in [-0.2, -0.15) is 0 Å². The minimum atomic E-state index is -0.133. The maximum atomic E-state index is 11.4. The number of carbonyl (C=O) groups is 1. The molecule has 1 amide bonds. The highest BCUT2D eigenvalue weighted by Crippen LogP contribution is 2.40. The Balaban J connectivity index is 0.00000211. The largest absolute Gasteiger partial charge is 0.369 e. The van der Waals surface area contributed by atoms with Crippen LogP contribution >= 0.6 is 21.6 Å². The van der Waals surface area contributed by atoms with Crippen LogP contribution in [0.15, 0.2) is 0 Å². The summed E-state index contributed by atoms with van der Waals surface area (Å²) in [5.41, 5.74) is 0.262. The Morgan fingerprint density at radius 1 is 1.23 bits per heavy atom. The molecule has 0 aromatic carbocycles. The number of hydrogen-bond acceptors (Lipinski definition) is 5. The number of nitrogens with one attached hydrogen (secondary N) is 1. The second kappa shape index (κ2) is 15.5.